The number of aromatic carboxylic acids is 1. The van der Waals surface area contributed by atoms with Crippen LogP contribution in [0.2, 0.25) is 0 Å². The van der Waals surface area contributed by atoms with Crippen molar-refractivity contribution in [3.63, 3.8) is 0 Å². The van der Waals surface area contributed by atoms with Gasteiger partial charge in [0, 0.05) is 12.1 Å². The molecule has 2 N–H and O–H groups in total. The molecule has 0 aliphatic heterocycles. The first-order valence-electron chi connectivity index (χ1n) is 7.79. The lowest BCUT2D eigenvalue weighted by Gasteiger charge is -2.14. The van der Waals surface area contributed by atoms with Crippen LogP contribution in [0.15, 0.2) is 48.5 Å². The van der Waals surface area contributed by atoms with Gasteiger partial charge in [-0.2, -0.15) is 0 Å². The molecule has 0 aliphatic rings. The molecule has 2 aromatic rings. The molecule has 126 valence electrons. The number of rotatable bonds is 7. The molecule has 5 nitrogen and oxygen atoms in total. The number of carbonyl (C=O) groups excluding carboxylic acids is 1. The SMILES string of the molecule is CC(C)Oc1ccccc1CNC(=O)Cc1cccc(C(=O)O)c1. The summed E-state index contributed by atoms with van der Waals surface area (Å²) in [6.45, 7) is 4.26. The van der Waals surface area contributed by atoms with Crippen LogP contribution >= 0.6 is 0 Å². The summed E-state index contributed by atoms with van der Waals surface area (Å²) in [5.41, 5.74) is 1.74. The monoisotopic (exact) mass is 327 g/mol. The number of carbonyl (C=O) groups is 2. The van der Waals surface area contributed by atoms with Crippen LogP contribution < -0.4 is 10.1 Å². The van der Waals surface area contributed by atoms with Gasteiger partial charge in [-0.15, -0.1) is 0 Å². The highest BCUT2D eigenvalue weighted by Gasteiger charge is 2.09. The van der Waals surface area contributed by atoms with Gasteiger partial charge in [-0.05, 0) is 37.6 Å². The van der Waals surface area contributed by atoms with Crippen LogP contribution in [0.1, 0.15) is 35.3 Å². The van der Waals surface area contributed by atoms with E-state index in [0.717, 1.165) is 11.3 Å². The first-order valence-corrected chi connectivity index (χ1v) is 7.79. The van der Waals surface area contributed by atoms with Crippen LogP contribution in [0.3, 0.4) is 0 Å². The highest BCUT2D eigenvalue weighted by molar-refractivity contribution is 5.88. The molecular weight excluding hydrogens is 306 g/mol. The van der Waals surface area contributed by atoms with E-state index in [1.807, 2.05) is 38.1 Å². The van der Waals surface area contributed by atoms with E-state index < -0.39 is 5.97 Å². The molecule has 0 fully saturated rings. The van der Waals surface area contributed by atoms with E-state index in [-0.39, 0.29) is 24.0 Å². The van der Waals surface area contributed by atoms with E-state index in [4.69, 9.17) is 9.84 Å². The van der Waals surface area contributed by atoms with Gasteiger partial charge < -0.3 is 15.2 Å². The Kier molecular flexibility index (Phi) is 5.95. The molecule has 0 radical (unpaired) electrons. The minimum absolute atomic E-state index is 0.0561. The van der Waals surface area contributed by atoms with Crippen molar-refractivity contribution in [2.45, 2.75) is 32.9 Å². The molecule has 5 heteroatoms. The minimum atomic E-state index is -1.00. The smallest absolute Gasteiger partial charge is 0.335 e. The predicted molar refractivity (Wildman–Crippen MR) is 91.2 cm³/mol. The predicted octanol–water partition coefficient (Wildman–Crippen LogP) is 3.03. The van der Waals surface area contributed by atoms with Crippen molar-refractivity contribution in [2.75, 3.05) is 0 Å². The fourth-order valence-electron chi connectivity index (χ4n) is 2.27. The van der Waals surface area contributed by atoms with Crippen molar-refractivity contribution >= 4 is 11.9 Å². The Morgan fingerprint density at radius 2 is 1.88 bits per heavy atom. The fourth-order valence-corrected chi connectivity index (χ4v) is 2.27. The maximum absolute atomic E-state index is 12.1. The molecule has 0 heterocycles. The highest BCUT2D eigenvalue weighted by atomic mass is 16.5. The molecule has 0 bridgehead atoms. The third-order valence-corrected chi connectivity index (χ3v) is 3.35. The van der Waals surface area contributed by atoms with Crippen molar-refractivity contribution < 1.29 is 19.4 Å². The van der Waals surface area contributed by atoms with Gasteiger partial charge in [0.25, 0.3) is 0 Å². The minimum Gasteiger partial charge on any atom is -0.491 e. The number of amides is 1. The normalized spacial score (nSPS) is 10.5. The van der Waals surface area contributed by atoms with Gasteiger partial charge in [-0.25, -0.2) is 4.79 Å². The molecule has 0 aromatic heterocycles. The van der Waals surface area contributed by atoms with Crippen LogP contribution in [-0.4, -0.2) is 23.1 Å². The van der Waals surface area contributed by atoms with Crippen molar-refractivity contribution in [2.24, 2.45) is 0 Å². The first-order chi connectivity index (χ1) is 11.5. The summed E-state index contributed by atoms with van der Waals surface area (Å²) in [7, 11) is 0. The van der Waals surface area contributed by atoms with Gasteiger partial charge in [0.15, 0.2) is 0 Å². The van der Waals surface area contributed by atoms with E-state index in [9.17, 15) is 9.59 Å². The zero-order chi connectivity index (χ0) is 17.5. The van der Waals surface area contributed by atoms with Gasteiger partial charge in [0.1, 0.15) is 5.75 Å². The van der Waals surface area contributed by atoms with Crippen LogP contribution in [0.4, 0.5) is 0 Å². The molecule has 0 aliphatic carbocycles. The van der Waals surface area contributed by atoms with E-state index in [2.05, 4.69) is 5.32 Å². The fraction of sp³-hybridized carbons (Fsp3) is 0.263. The molecule has 1 amide bonds. The second-order valence-electron chi connectivity index (χ2n) is 5.73. The maximum atomic E-state index is 12.1. The number of ether oxygens (including phenoxy) is 1. The van der Waals surface area contributed by atoms with Gasteiger partial charge in [-0.1, -0.05) is 30.3 Å². The Labute approximate surface area is 141 Å². The van der Waals surface area contributed by atoms with Gasteiger partial charge in [0.2, 0.25) is 5.91 Å². The lowest BCUT2D eigenvalue weighted by molar-refractivity contribution is -0.120. The van der Waals surface area contributed by atoms with Crippen molar-refractivity contribution in [1.29, 1.82) is 0 Å². The van der Waals surface area contributed by atoms with Crippen LogP contribution in [-0.2, 0) is 17.8 Å². The second kappa shape index (κ2) is 8.15. The first kappa shape index (κ1) is 17.5. The topological polar surface area (TPSA) is 75.6 Å². The summed E-state index contributed by atoms with van der Waals surface area (Å²) in [6.07, 6.45) is 0.189. The van der Waals surface area contributed by atoms with Crippen LogP contribution in [0.25, 0.3) is 0 Å². The Morgan fingerprint density at radius 3 is 2.58 bits per heavy atom. The lowest BCUT2D eigenvalue weighted by atomic mass is 10.1. The van der Waals surface area contributed by atoms with Gasteiger partial charge in [-0.3, -0.25) is 4.79 Å². The molecular formula is C19H21NO4. The molecule has 0 saturated carbocycles. The zero-order valence-corrected chi connectivity index (χ0v) is 13.8. The number of benzene rings is 2. The average molecular weight is 327 g/mol. The number of hydrogen-bond acceptors (Lipinski definition) is 3. The molecule has 2 aromatic carbocycles. The number of nitrogens with one attached hydrogen (secondary N) is 1. The Morgan fingerprint density at radius 1 is 1.12 bits per heavy atom. The summed E-state index contributed by atoms with van der Waals surface area (Å²) in [4.78, 5) is 23.1. The number of para-hydroxylation sites is 1. The summed E-state index contributed by atoms with van der Waals surface area (Å²) >= 11 is 0. The number of hydrogen-bond donors (Lipinski definition) is 2. The van der Waals surface area contributed by atoms with Crippen LogP contribution in [0.5, 0.6) is 5.75 Å². The molecule has 0 atom stereocenters. The van der Waals surface area contributed by atoms with Crippen molar-refractivity contribution in [1.82, 2.24) is 5.32 Å². The highest BCUT2D eigenvalue weighted by Crippen LogP contribution is 2.19. The molecule has 0 saturated heterocycles. The van der Waals surface area contributed by atoms with E-state index in [0.29, 0.717) is 12.1 Å². The van der Waals surface area contributed by atoms with E-state index in [1.54, 1.807) is 12.1 Å². The average Bonchev–Trinajstić information content (AvgIpc) is 2.53. The van der Waals surface area contributed by atoms with Gasteiger partial charge >= 0.3 is 5.97 Å². The van der Waals surface area contributed by atoms with E-state index in [1.165, 1.54) is 12.1 Å². The third-order valence-electron chi connectivity index (χ3n) is 3.35. The summed E-state index contributed by atoms with van der Waals surface area (Å²) in [6, 6.07) is 14.0. The third kappa shape index (κ3) is 5.12. The number of carboxylic acids is 1. The van der Waals surface area contributed by atoms with Gasteiger partial charge in [0.05, 0.1) is 18.1 Å². The van der Waals surface area contributed by atoms with Crippen LogP contribution in [0, 0.1) is 0 Å². The summed E-state index contributed by atoms with van der Waals surface area (Å²) in [5.74, 6) is -0.422. The molecule has 2 rings (SSSR count). The Hall–Kier alpha value is -2.82. The largest absolute Gasteiger partial charge is 0.491 e. The molecule has 0 spiro atoms. The second-order valence-corrected chi connectivity index (χ2v) is 5.73. The van der Waals surface area contributed by atoms with E-state index >= 15 is 0 Å². The maximum Gasteiger partial charge on any atom is 0.335 e. The molecule has 0 unspecified atom stereocenters. The summed E-state index contributed by atoms with van der Waals surface area (Å²) in [5, 5.41) is 11.8. The quantitative estimate of drug-likeness (QED) is 0.819. The lowest BCUT2D eigenvalue weighted by Crippen LogP contribution is -2.25. The number of carboxylic acid groups (broad SMARTS) is 1. The molecule has 24 heavy (non-hydrogen) atoms. The van der Waals surface area contributed by atoms with Crippen molar-refractivity contribution in [3.05, 3.63) is 65.2 Å². The zero-order valence-electron chi connectivity index (χ0n) is 13.8. The summed E-state index contributed by atoms with van der Waals surface area (Å²) < 4.78 is 5.72. The Balaban J connectivity index is 1.96. The standard InChI is InChI=1S/C19H21NO4/c1-13(2)24-17-9-4-3-7-16(17)12-20-18(21)11-14-6-5-8-15(10-14)19(22)23/h3-10,13H,11-12H2,1-2H3,(H,20,21)(H,22,23). The van der Waals surface area contributed by atoms with Crippen molar-refractivity contribution in [3.8, 4) is 5.75 Å². The Bertz CT molecular complexity index is 725.